The van der Waals surface area contributed by atoms with Crippen LogP contribution in [0.1, 0.15) is 31.2 Å². The van der Waals surface area contributed by atoms with Crippen molar-refractivity contribution < 1.29 is 9.59 Å². The summed E-state index contributed by atoms with van der Waals surface area (Å²) in [7, 11) is 5.70. The van der Waals surface area contributed by atoms with Crippen LogP contribution >= 0.6 is 11.8 Å². The van der Waals surface area contributed by atoms with E-state index >= 15 is 0 Å². The Morgan fingerprint density at radius 2 is 1.91 bits per heavy atom. The number of hydrogen-bond donors (Lipinski definition) is 2. The third-order valence-electron chi connectivity index (χ3n) is 6.62. The lowest BCUT2D eigenvalue weighted by atomic mass is 9.83. The molecule has 2 heterocycles. The van der Waals surface area contributed by atoms with Crippen molar-refractivity contribution in [2.24, 2.45) is 4.99 Å². The number of likely N-dealkylation sites (N-methyl/N-ethyl adjacent to an activating group) is 1. The Balaban J connectivity index is 1.99. The Bertz CT molecular complexity index is 828. The van der Waals surface area contributed by atoms with E-state index in [0.29, 0.717) is 25.3 Å². The Morgan fingerprint density at radius 3 is 2.59 bits per heavy atom. The van der Waals surface area contributed by atoms with E-state index in [9.17, 15) is 9.59 Å². The summed E-state index contributed by atoms with van der Waals surface area (Å²) in [6.07, 6.45) is 4.16. The summed E-state index contributed by atoms with van der Waals surface area (Å²) in [5.41, 5.74) is -0.208. The third-order valence-corrected chi connectivity index (χ3v) is 7.63. The van der Waals surface area contributed by atoms with Gasteiger partial charge in [-0.15, -0.1) is 0 Å². The van der Waals surface area contributed by atoms with E-state index in [-0.39, 0.29) is 18.4 Å². The van der Waals surface area contributed by atoms with Gasteiger partial charge in [-0.25, -0.2) is 0 Å². The van der Waals surface area contributed by atoms with Crippen LogP contribution in [-0.2, 0) is 15.1 Å². The zero-order valence-electron chi connectivity index (χ0n) is 20.9. The second-order valence-corrected chi connectivity index (χ2v) is 10.3. The van der Waals surface area contributed by atoms with Gasteiger partial charge < -0.3 is 25.3 Å². The molecule has 188 valence electrons. The minimum atomic E-state index is -1.07. The maximum Gasteiger partial charge on any atom is 0.250 e. The van der Waals surface area contributed by atoms with Gasteiger partial charge in [0.15, 0.2) is 5.17 Å². The molecule has 2 saturated heterocycles. The van der Waals surface area contributed by atoms with E-state index in [1.165, 1.54) is 19.3 Å². The summed E-state index contributed by atoms with van der Waals surface area (Å²) in [6.45, 7) is 4.78. The summed E-state index contributed by atoms with van der Waals surface area (Å²) in [6, 6.07) is 9.83. The van der Waals surface area contributed by atoms with Crippen LogP contribution < -0.4 is 10.6 Å². The number of carbonyl (C=O) groups excluding carboxylic acids is 2. The van der Waals surface area contributed by atoms with Gasteiger partial charge in [-0.3, -0.25) is 14.6 Å². The van der Waals surface area contributed by atoms with Crippen molar-refractivity contribution in [2.75, 3.05) is 72.7 Å². The van der Waals surface area contributed by atoms with Crippen LogP contribution in [0.3, 0.4) is 0 Å². The van der Waals surface area contributed by atoms with Crippen LogP contribution in [0.25, 0.3) is 0 Å². The molecule has 8 nitrogen and oxygen atoms in total. The molecule has 1 unspecified atom stereocenters. The second kappa shape index (κ2) is 13.1. The minimum absolute atomic E-state index is 0.0766. The average molecular weight is 489 g/mol. The summed E-state index contributed by atoms with van der Waals surface area (Å²) in [5.74, 6) is 0.487. The predicted molar refractivity (Wildman–Crippen MR) is 140 cm³/mol. The zero-order chi connectivity index (χ0) is 24.4. The van der Waals surface area contributed by atoms with Crippen LogP contribution in [0.5, 0.6) is 0 Å². The number of nitrogens with zero attached hydrogens (tertiary/aromatic N) is 4. The van der Waals surface area contributed by atoms with Crippen molar-refractivity contribution in [2.45, 2.75) is 31.2 Å². The van der Waals surface area contributed by atoms with Gasteiger partial charge in [0.1, 0.15) is 5.54 Å². The first-order chi connectivity index (χ1) is 16.5. The fraction of sp³-hybridized carbons (Fsp3) is 0.640. The molecule has 34 heavy (non-hydrogen) atoms. The summed E-state index contributed by atoms with van der Waals surface area (Å²) >= 11 is 1.57. The van der Waals surface area contributed by atoms with Crippen LogP contribution in [-0.4, -0.2) is 104 Å². The van der Waals surface area contributed by atoms with E-state index in [2.05, 4.69) is 20.5 Å². The van der Waals surface area contributed by atoms with Crippen molar-refractivity contribution in [3.8, 4) is 0 Å². The number of rotatable bonds is 8. The molecular formula is C25H40N6O2S. The monoisotopic (exact) mass is 488 g/mol. The average Bonchev–Trinajstić information content (AvgIpc) is 2.92. The van der Waals surface area contributed by atoms with E-state index in [0.717, 1.165) is 36.9 Å². The number of likely N-dealkylation sites (tertiary alicyclic amines) is 1. The first-order valence-corrected chi connectivity index (χ1v) is 13.3. The van der Waals surface area contributed by atoms with Crippen molar-refractivity contribution in [1.29, 1.82) is 0 Å². The van der Waals surface area contributed by atoms with Gasteiger partial charge in [-0.2, -0.15) is 0 Å². The van der Waals surface area contributed by atoms with Gasteiger partial charge in [-0.1, -0.05) is 48.5 Å². The fourth-order valence-corrected chi connectivity index (χ4v) is 5.64. The van der Waals surface area contributed by atoms with Gasteiger partial charge in [-0.05, 0) is 52.0 Å². The zero-order valence-corrected chi connectivity index (χ0v) is 21.7. The largest absolute Gasteiger partial charge is 0.356 e. The Hall–Kier alpha value is -2.10. The molecule has 9 heteroatoms. The smallest absolute Gasteiger partial charge is 0.250 e. The van der Waals surface area contributed by atoms with Gasteiger partial charge in [0.05, 0.1) is 6.54 Å². The van der Waals surface area contributed by atoms with Crippen LogP contribution in [0.15, 0.2) is 35.3 Å². The molecule has 3 rings (SSSR count). The Labute approximate surface area is 208 Å². The summed E-state index contributed by atoms with van der Waals surface area (Å²) in [5, 5.41) is 7.08. The second-order valence-electron chi connectivity index (χ2n) is 9.21. The summed E-state index contributed by atoms with van der Waals surface area (Å²) in [4.78, 5) is 38.4. The molecule has 1 aromatic carbocycles. The van der Waals surface area contributed by atoms with Gasteiger partial charge >= 0.3 is 0 Å². The number of nitrogens with one attached hydrogen (secondary N) is 2. The molecule has 1 atom stereocenters. The molecule has 2 aliphatic rings. The number of piperidine rings is 1. The molecule has 2 aliphatic heterocycles. The highest BCUT2D eigenvalue weighted by Gasteiger charge is 2.48. The summed E-state index contributed by atoms with van der Waals surface area (Å²) < 4.78 is 0. The maximum absolute atomic E-state index is 14.0. The van der Waals surface area contributed by atoms with E-state index < -0.39 is 5.54 Å². The lowest BCUT2D eigenvalue weighted by Crippen LogP contribution is -2.61. The van der Waals surface area contributed by atoms with Crippen molar-refractivity contribution in [1.82, 2.24) is 25.3 Å². The van der Waals surface area contributed by atoms with Gasteiger partial charge in [0, 0.05) is 39.0 Å². The van der Waals surface area contributed by atoms with Crippen molar-refractivity contribution in [3.63, 3.8) is 0 Å². The molecular weight excluding hydrogens is 448 g/mol. The lowest BCUT2D eigenvalue weighted by Gasteiger charge is -2.44. The number of hydrogen-bond acceptors (Lipinski definition) is 6. The number of thioether (sulfide) groups is 1. The number of benzene rings is 1. The first kappa shape index (κ1) is 26.5. The number of amidine groups is 1. The standard InChI is InChI=1S/C25H40N6O2S/c1-26-24-28-20-22(32)31(18-17-30-14-8-5-9-15-30)25(12-19-34-24,21-10-6-4-7-11-21)23(33)27-13-16-29(2)3/h4,6-7,10-11H,5,8-9,12-20H2,1-3H3,(H,26,28)(H,27,33). The number of carbonyl (C=O) groups is 2. The van der Waals surface area contributed by atoms with Crippen LogP contribution in [0, 0.1) is 0 Å². The van der Waals surface area contributed by atoms with Crippen LogP contribution in [0.4, 0.5) is 0 Å². The molecule has 1 aromatic rings. The number of aliphatic imine (C=N–C) groups is 1. The predicted octanol–water partition coefficient (Wildman–Crippen LogP) is 1.59. The van der Waals surface area contributed by atoms with Crippen LogP contribution in [0.2, 0.25) is 0 Å². The normalized spacial score (nSPS) is 23.8. The highest BCUT2D eigenvalue weighted by atomic mass is 32.2. The third kappa shape index (κ3) is 6.73. The molecule has 0 saturated carbocycles. The molecule has 2 amide bonds. The quantitative estimate of drug-likeness (QED) is 0.579. The fourth-order valence-electron chi connectivity index (χ4n) is 4.75. The first-order valence-electron chi connectivity index (χ1n) is 12.3. The van der Waals surface area contributed by atoms with Crippen molar-refractivity contribution >= 4 is 28.7 Å². The molecule has 0 aliphatic carbocycles. The van der Waals surface area contributed by atoms with Crippen molar-refractivity contribution in [3.05, 3.63) is 35.9 Å². The Morgan fingerprint density at radius 1 is 1.18 bits per heavy atom. The minimum Gasteiger partial charge on any atom is -0.356 e. The Kier molecular flexibility index (Phi) is 10.2. The molecule has 0 bridgehead atoms. The van der Waals surface area contributed by atoms with E-state index in [1.807, 2.05) is 54.2 Å². The lowest BCUT2D eigenvalue weighted by molar-refractivity contribution is -0.149. The molecule has 0 spiro atoms. The van der Waals surface area contributed by atoms with Gasteiger partial charge in [0.2, 0.25) is 5.91 Å². The van der Waals surface area contributed by atoms with E-state index in [1.54, 1.807) is 18.8 Å². The highest BCUT2D eigenvalue weighted by Crippen LogP contribution is 2.35. The molecule has 2 N–H and O–H groups in total. The molecule has 0 radical (unpaired) electrons. The maximum atomic E-state index is 14.0. The molecule has 2 fully saturated rings. The SMILES string of the molecule is CN=C1NCC(=O)N(CCN2CCCCC2)C(C(=O)NCCN(C)C)(c2ccccc2)CCS1. The van der Waals surface area contributed by atoms with Gasteiger partial charge in [0.25, 0.3) is 5.91 Å². The van der Waals surface area contributed by atoms with E-state index in [4.69, 9.17) is 0 Å². The highest BCUT2D eigenvalue weighted by molar-refractivity contribution is 8.13. The number of amides is 2. The topological polar surface area (TPSA) is 80.3 Å². The molecule has 0 aromatic heterocycles.